The van der Waals surface area contributed by atoms with Crippen LogP contribution in [0.15, 0.2) is 24.3 Å². The summed E-state index contributed by atoms with van der Waals surface area (Å²) in [6, 6.07) is 8.07. The Morgan fingerprint density at radius 2 is 2.14 bits per heavy atom. The number of fused-ring (bicyclic) bond motifs is 1. The van der Waals surface area contributed by atoms with Crippen molar-refractivity contribution < 1.29 is 4.39 Å². The summed E-state index contributed by atoms with van der Waals surface area (Å²) >= 11 is 0. The van der Waals surface area contributed by atoms with Crippen molar-refractivity contribution >= 4 is 10.9 Å². The third-order valence-corrected chi connectivity index (χ3v) is 2.06. The maximum atomic E-state index is 13.0. The van der Waals surface area contributed by atoms with Crippen LogP contribution in [0.4, 0.5) is 4.39 Å². The predicted octanol–water partition coefficient (Wildman–Crippen LogP) is 2.55. The van der Waals surface area contributed by atoms with E-state index < -0.39 is 0 Å². The molecule has 14 heavy (non-hydrogen) atoms. The second-order valence-electron chi connectivity index (χ2n) is 3.10. The molecule has 0 amide bonds. The highest BCUT2D eigenvalue weighted by Gasteiger charge is 2.02. The summed E-state index contributed by atoms with van der Waals surface area (Å²) in [6.45, 7) is 1.78. The molecule has 1 aromatic carbocycles. The second kappa shape index (κ2) is 3.08. The molecule has 0 N–H and O–H groups in total. The number of hydrogen-bond donors (Lipinski definition) is 0. The smallest absolute Gasteiger partial charge is 0.141 e. The molecular formula is C11H7FN2. The van der Waals surface area contributed by atoms with E-state index in [0.29, 0.717) is 11.2 Å². The topological polar surface area (TPSA) is 36.7 Å². The van der Waals surface area contributed by atoms with E-state index in [1.165, 1.54) is 12.1 Å². The number of benzene rings is 1. The Bertz CT molecular complexity index is 541. The van der Waals surface area contributed by atoms with E-state index >= 15 is 0 Å². The number of hydrogen-bond acceptors (Lipinski definition) is 2. The van der Waals surface area contributed by atoms with Crippen molar-refractivity contribution in [1.82, 2.24) is 4.98 Å². The van der Waals surface area contributed by atoms with Gasteiger partial charge < -0.3 is 0 Å². The highest BCUT2D eigenvalue weighted by molar-refractivity contribution is 5.82. The van der Waals surface area contributed by atoms with Crippen molar-refractivity contribution in [3.63, 3.8) is 0 Å². The van der Waals surface area contributed by atoms with Gasteiger partial charge in [-0.3, -0.25) is 0 Å². The van der Waals surface area contributed by atoms with Crippen LogP contribution in [-0.4, -0.2) is 4.98 Å². The summed E-state index contributed by atoms with van der Waals surface area (Å²) < 4.78 is 13.0. The van der Waals surface area contributed by atoms with Crippen LogP contribution in [0.1, 0.15) is 11.3 Å². The minimum atomic E-state index is -0.276. The first-order valence-corrected chi connectivity index (χ1v) is 4.18. The molecule has 2 rings (SSSR count). The van der Waals surface area contributed by atoms with Gasteiger partial charge in [-0.1, -0.05) is 0 Å². The Labute approximate surface area is 80.6 Å². The highest BCUT2D eigenvalue weighted by atomic mass is 19.1. The molecule has 1 aromatic heterocycles. The monoisotopic (exact) mass is 186 g/mol. The van der Waals surface area contributed by atoms with Gasteiger partial charge in [-0.2, -0.15) is 5.26 Å². The largest absolute Gasteiger partial charge is 0.237 e. The zero-order valence-corrected chi connectivity index (χ0v) is 7.58. The number of aryl methyl sites for hydroxylation is 1. The lowest BCUT2D eigenvalue weighted by atomic mass is 10.1. The zero-order chi connectivity index (χ0) is 10.1. The minimum absolute atomic E-state index is 0.276. The average molecular weight is 186 g/mol. The van der Waals surface area contributed by atoms with Crippen LogP contribution in [-0.2, 0) is 0 Å². The Morgan fingerprint density at radius 3 is 2.86 bits per heavy atom. The third kappa shape index (κ3) is 1.31. The number of rotatable bonds is 0. The van der Waals surface area contributed by atoms with E-state index in [-0.39, 0.29) is 5.82 Å². The lowest BCUT2D eigenvalue weighted by Crippen LogP contribution is -1.88. The summed E-state index contributed by atoms with van der Waals surface area (Å²) in [6.07, 6.45) is 0. The van der Waals surface area contributed by atoms with Gasteiger partial charge in [0.1, 0.15) is 17.6 Å². The van der Waals surface area contributed by atoms with Crippen molar-refractivity contribution in [3.8, 4) is 6.07 Å². The number of aromatic nitrogens is 1. The molecule has 3 heteroatoms. The molecule has 2 nitrogen and oxygen atoms in total. The molecule has 0 saturated carbocycles. The van der Waals surface area contributed by atoms with Crippen LogP contribution >= 0.6 is 0 Å². The average Bonchev–Trinajstić information content (AvgIpc) is 2.17. The molecule has 0 aliphatic rings. The van der Waals surface area contributed by atoms with Crippen molar-refractivity contribution in [1.29, 1.82) is 5.26 Å². The first-order chi connectivity index (χ1) is 6.70. The zero-order valence-electron chi connectivity index (χ0n) is 7.58. The van der Waals surface area contributed by atoms with Gasteiger partial charge in [0.2, 0.25) is 0 Å². The number of pyridine rings is 1. The number of nitriles is 1. The quantitative estimate of drug-likeness (QED) is 0.634. The molecule has 0 fully saturated rings. The summed E-state index contributed by atoms with van der Waals surface area (Å²) in [5, 5.41) is 9.38. The number of halogens is 1. The first-order valence-electron chi connectivity index (χ1n) is 4.18. The van der Waals surface area contributed by atoms with Gasteiger partial charge in [0.15, 0.2) is 0 Å². The molecule has 0 bridgehead atoms. The Hall–Kier alpha value is -1.95. The van der Waals surface area contributed by atoms with E-state index in [0.717, 1.165) is 10.9 Å². The Balaban J connectivity index is 2.84. The maximum Gasteiger partial charge on any atom is 0.141 e. The molecule has 0 radical (unpaired) electrons. The van der Waals surface area contributed by atoms with Gasteiger partial charge >= 0.3 is 0 Å². The fourth-order valence-electron chi connectivity index (χ4n) is 1.43. The molecule has 0 unspecified atom stereocenters. The molecule has 0 saturated heterocycles. The van der Waals surface area contributed by atoms with E-state index in [9.17, 15) is 4.39 Å². The van der Waals surface area contributed by atoms with Gasteiger partial charge in [0.25, 0.3) is 0 Å². The predicted molar refractivity (Wildman–Crippen MR) is 51.2 cm³/mol. The van der Waals surface area contributed by atoms with Gasteiger partial charge in [-0.25, -0.2) is 9.37 Å². The van der Waals surface area contributed by atoms with Gasteiger partial charge in [-0.15, -0.1) is 0 Å². The molecule has 2 aromatic rings. The summed E-state index contributed by atoms with van der Waals surface area (Å²) in [7, 11) is 0. The van der Waals surface area contributed by atoms with Crippen LogP contribution in [0, 0.1) is 24.1 Å². The van der Waals surface area contributed by atoms with Crippen molar-refractivity contribution in [2.75, 3.05) is 0 Å². The fourth-order valence-corrected chi connectivity index (χ4v) is 1.43. The molecule has 0 aliphatic heterocycles. The molecular weight excluding hydrogens is 179 g/mol. The van der Waals surface area contributed by atoms with Crippen LogP contribution in [0.5, 0.6) is 0 Å². The number of nitrogens with zero attached hydrogens (tertiary/aromatic N) is 2. The van der Waals surface area contributed by atoms with Gasteiger partial charge in [0.05, 0.1) is 5.52 Å². The molecule has 68 valence electrons. The van der Waals surface area contributed by atoms with E-state index in [4.69, 9.17) is 5.26 Å². The first kappa shape index (κ1) is 8.64. The van der Waals surface area contributed by atoms with Crippen LogP contribution in [0.2, 0.25) is 0 Å². The standard InChI is InChI=1S/C11H7FN2/c1-7-4-9(12)5-8-2-3-10(6-13)14-11(7)8/h2-5H,1H3. The second-order valence-corrected chi connectivity index (χ2v) is 3.10. The van der Waals surface area contributed by atoms with Crippen LogP contribution in [0.3, 0.4) is 0 Å². The molecule has 0 aliphatic carbocycles. The Kier molecular flexibility index (Phi) is 1.90. The maximum absolute atomic E-state index is 13.0. The highest BCUT2D eigenvalue weighted by Crippen LogP contribution is 2.18. The third-order valence-electron chi connectivity index (χ3n) is 2.06. The van der Waals surface area contributed by atoms with Gasteiger partial charge in [0, 0.05) is 5.39 Å². The summed E-state index contributed by atoms with van der Waals surface area (Å²) in [4.78, 5) is 4.11. The lowest BCUT2D eigenvalue weighted by molar-refractivity contribution is 0.628. The molecule has 0 spiro atoms. The van der Waals surface area contributed by atoms with Gasteiger partial charge in [-0.05, 0) is 36.8 Å². The van der Waals surface area contributed by atoms with E-state index in [2.05, 4.69) is 4.98 Å². The molecule has 1 heterocycles. The SMILES string of the molecule is Cc1cc(F)cc2ccc(C#N)nc12. The molecule has 0 atom stereocenters. The summed E-state index contributed by atoms with van der Waals surface area (Å²) in [5.41, 5.74) is 1.79. The fraction of sp³-hybridized carbons (Fsp3) is 0.0909. The van der Waals surface area contributed by atoms with Crippen LogP contribution in [0.25, 0.3) is 10.9 Å². The summed E-state index contributed by atoms with van der Waals surface area (Å²) in [5.74, 6) is -0.276. The van der Waals surface area contributed by atoms with Crippen molar-refractivity contribution in [3.05, 3.63) is 41.3 Å². The normalized spacial score (nSPS) is 10.1. The van der Waals surface area contributed by atoms with E-state index in [1.807, 2.05) is 6.07 Å². The van der Waals surface area contributed by atoms with E-state index in [1.54, 1.807) is 19.1 Å². The lowest BCUT2D eigenvalue weighted by Gasteiger charge is -2.01. The minimum Gasteiger partial charge on any atom is -0.237 e. The van der Waals surface area contributed by atoms with Crippen molar-refractivity contribution in [2.45, 2.75) is 6.92 Å². The van der Waals surface area contributed by atoms with Crippen LogP contribution < -0.4 is 0 Å². The van der Waals surface area contributed by atoms with Crippen molar-refractivity contribution in [2.24, 2.45) is 0 Å². The Morgan fingerprint density at radius 1 is 1.36 bits per heavy atom.